The first kappa shape index (κ1) is 25.2. The molecule has 0 unspecified atom stereocenters. The molecule has 36 heavy (non-hydrogen) atoms. The molecule has 9 nitrogen and oxygen atoms in total. The van der Waals surface area contributed by atoms with E-state index < -0.39 is 49.3 Å². The van der Waals surface area contributed by atoms with Crippen LogP contribution in [0, 0.1) is 0 Å². The Morgan fingerprint density at radius 2 is 1.28 bits per heavy atom. The van der Waals surface area contributed by atoms with Crippen LogP contribution in [0.4, 0.5) is 0 Å². The molecule has 3 aromatic carbocycles. The van der Waals surface area contributed by atoms with Gasteiger partial charge in [-0.05, 0) is 48.5 Å². The minimum absolute atomic E-state index is 0.234. The topological polar surface area (TPSA) is 121 Å². The van der Waals surface area contributed by atoms with E-state index in [9.17, 15) is 19.8 Å². The minimum Gasteiger partial charge on any atom is -0.497 e. The lowest BCUT2D eigenvalue weighted by Crippen LogP contribution is -2.62. The van der Waals surface area contributed by atoms with Gasteiger partial charge in [0.25, 0.3) is 0 Å². The predicted molar refractivity (Wildman–Crippen MR) is 127 cm³/mol. The Morgan fingerprint density at radius 1 is 0.778 bits per heavy atom. The van der Waals surface area contributed by atoms with Gasteiger partial charge in [-0.1, -0.05) is 36.4 Å². The lowest BCUT2D eigenvalue weighted by molar-refractivity contribution is -0.276. The molecule has 0 aliphatic carbocycles. The number of hydrogen-bond acceptors (Lipinski definition) is 9. The molecule has 188 valence electrons. The SMILES string of the molecule is COc1ccc(O[C@H]2O[C@H](CO)[C@@H](OC(=O)c3ccccc3)[C@H](OC(=O)c3ccccc3)[C@@H]2O)cc1. The summed E-state index contributed by atoms with van der Waals surface area (Å²) < 4.78 is 27.9. The van der Waals surface area contributed by atoms with Crippen molar-refractivity contribution in [2.75, 3.05) is 13.7 Å². The molecule has 5 atom stereocenters. The van der Waals surface area contributed by atoms with Crippen LogP contribution < -0.4 is 9.47 Å². The molecule has 2 N–H and O–H groups in total. The van der Waals surface area contributed by atoms with Crippen LogP contribution in [0.25, 0.3) is 0 Å². The lowest BCUT2D eigenvalue weighted by atomic mass is 9.98. The summed E-state index contributed by atoms with van der Waals surface area (Å²) in [6.07, 6.45) is -6.77. The van der Waals surface area contributed by atoms with Gasteiger partial charge in [0, 0.05) is 0 Å². The fourth-order valence-corrected chi connectivity index (χ4v) is 3.74. The molecule has 0 bridgehead atoms. The van der Waals surface area contributed by atoms with Crippen molar-refractivity contribution in [2.24, 2.45) is 0 Å². The number of aliphatic hydroxyl groups is 2. The van der Waals surface area contributed by atoms with Gasteiger partial charge in [0.2, 0.25) is 6.29 Å². The third-order valence-corrected chi connectivity index (χ3v) is 5.61. The zero-order chi connectivity index (χ0) is 25.5. The van der Waals surface area contributed by atoms with Crippen LogP contribution in [0.15, 0.2) is 84.9 Å². The molecule has 1 heterocycles. The number of benzene rings is 3. The molecule has 9 heteroatoms. The van der Waals surface area contributed by atoms with E-state index in [1.165, 1.54) is 7.11 Å². The summed E-state index contributed by atoms with van der Waals surface area (Å²) in [4.78, 5) is 25.6. The molecule has 0 radical (unpaired) electrons. The standard InChI is InChI=1S/C27H26O9/c1-32-19-12-14-20(15-13-19)33-27-22(29)24(36-26(31)18-10-6-3-7-11-18)23(21(16-28)34-27)35-25(30)17-8-4-2-5-9-17/h2-15,21-24,27-29H,16H2,1H3/t21-,22+,23-,24-,27+/m1/s1. The quantitative estimate of drug-likeness (QED) is 0.455. The molecule has 1 aliphatic rings. The maximum absolute atomic E-state index is 12.9. The Kier molecular flexibility index (Phi) is 8.17. The van der Waals surface area contributed by atoms with Gasteiger partial charge in [0.15, 0.2) is 18.3 Å². The number of aliphatic hydroxyl groups excluding tert-OH is 2. The minimum atomic E-state index is -1.56. The van der Waals surface area contributed by atoms with Crippen LogP contribution in [0.5, 0.6) is 11.5 Å². The summed E-state index contributed by atoms with van der Waals surface area (Å²) >= 11 is 0. The van der Waals surface area contributed by atoms with Crippen molar-refractivity contribution in [2.45, 2.75) is 30.7 Å². The van der Waals surface area contributed by atoms with Crippen molar-refractivity contribution < 1.29 is 43.5 Å². The number of carbonyl (C=O) groups is 2. The Labute approximate surface area is 207 Å². The highest BCUT2D eigenvalue weighted by Crippen LogP contribution is 2.30. The third kappa shape index (κ3) is 5.83. The first-order chi connectivity index (χ1) is 17.5. The van der Waals surface area contributed by atoms with Gasteiger partial charge >= 0.3 is 11.9 Å². The fourth-order valence-electron chi connectivity index (χ4n) is 3.74. The number of methoxy groups -OCH3 is 1. The van der Waals surface area contributed by atoms with Crippen molar-refractivity contribution in [3.8, 4) is 11.5 Å². The highest BCUT2D eigenvalue weighted by atomic mass is 16.7. The molecule has 1 saturated heterocycles. The van der Waals surface area contributed by atoms with E-state index in [0.29, 0.717) is 11.5 Å². The summed E-state index contributed by atoms with van der Waals surface area (Å²) in [6, 6.07) is 22.9. The van der Waals surface area contributed by atoms with Crippen molar-refractivity contribution >= 4 is 11.9 Å². The second-order valence-corrected chi connectivity index (χ2v) is 7.98. The van der Waals surface area contributed by atoms with E-state index in [-0.39, 0.29) is 11.1 Å². The Morgan fingerprint density at radius 3 is 1.78 bits per heavy atom. The molecule has 3 aromatic rings. The lowest BCUT2D eigenvalue weighted by Gasteiger charge is -2.42. The maximum atomic E-state index is 12.9. The maximum Gasteiger partial charge on any atom is 0.338 e. The number of carbonyl (C=O) groups excluding carboxylic acids is 2. The fraction of sp³-hybridized carbons (Fsp3) is 0.259. The third-order valence-electron chi connectivity index (χ3n) is 5.61. The summed E-state index contributed by atoms with van der Waals surface area (Å²) in [5.41, 5.74) is 0.478. The average molecular weight is 494 g/mol. The van der Waals surface area contributed by atoms with Gasteiger partial charge in [0.05, 0.1) is 24.8 Å². The Hall–Kier alpha value is -3.92. The zero-order valence-corrected chi connectivity index (χ0v) is 19.4. The van der Waals surface area contributed by atoms with Gasteiger partial charge in [-0.3, -0.25) is 0 Å². The number of ether oxygens (including phenoxy) is 5. The normalized spacial score (nSPS) is 23.4. The summed E-state index contributed by atoms with van der Waals surface area (Å²) in [5, 5.41) is 21.2. The van der Waals surface area contributed by atoms with Crippen molar-refractivity contribution in [3.63, 3.8) is 0 Å². The van der Waals surface area contributed by atoms with Gasteiger partial charge in [-0.2, -0.15) is 0 Å². The average Bonchev–Trinajstić information content (AvgIpc) is 2.93. The van der Waals surface area contributed by atoms with Crippen molar-refractivity contribution in [1.29, 1.82) is 0 Å². The molecule has 1 fully saturated rings. The molecule has 0 amide bonds. The second kappa shape index (κ2) is 11.7. The Bertz CT molecular complexity index is 1130. The van der Waals surface area contributed by atoms with Crippen LogP contribution in [-0.2, 0) is 14.2 Å². The van der Waals surface area contributed by atoms with Crippen molar-refractivity contribution in [1.82, 2.24) is 0 Å². The summed E-state index contributed by atoms with van der Waals surface area (Å²) in [7, 11) is 1.53. The molecule has 0 spiro atoms. The molecule has 0 aromatic heterocycles. The van der Waals surface area contributed by atoms with Crippen LogP contribution in [0.3, 0.4) is 0 Å². The number of hydrogen-bond donors (Lipinski definition) is 2. The van der Waals surface area contributed by atoms with Gasteiger partial charge in [0.1, 0.15) is 17.6 Å². The smallest absolute Gasteiger partial charge is 0.338 e. The second-order valence-electron chi connectivity index (χ2n) is 7.98. The molecular formula is C27H26O9. The summed E-state index contributed by atoms with van der Waals surface area (Å²) in [6.45, 7) is -0.596. The van der Waals surface area contributed by atoms with E-state index in [4.69, 9.17) is 23.7 Å². The highest BCUT2D eigenvalue weighted by molar-refractivity contribution is 5.90. The monoisotopic (exact) mass is 494 g/mol. The molecule has 0 saturated carbocycles. The first-order valence-corrected chi connectivity index (χ1v) is 11.3. The molecular weight excluding hydrogens is 468 g/mol. The highest BCUT2D eigenvalue weighted by Gasteiger charge is 2.51. The van der Waals surface area contributed by atoms with E-state index >= 15 is 0 Å². The number of esters is 2. The largest absolute Gasteiger partial charge is 0.497 e. The van der Waals surface area contributed by atoms with Crippen LogP contribution in [-0.4, -0.2) is 66.6 Å². The van der Waals surface area contributed by atoms with Crippen LogP contribution in [0.1, 0.15) is 20.7 Å². The van der Waals surface area contributed by atoms with Gasteiger partial charge in [-0.25, -0.2) is 9.59 Å². The van der Waals surface area contributed by atoms with E-state index in [1.54, 1.807) is 84.9 Å². The van der Waals surface area contributed by atoms with E-state index in [1.807, 2.05) is 0 Å². The Balaban J connectivity index is 1.60. The van der Waals surface area contributed by atoms with E-state index in [0.717, 1.165) is 0 Å². The van der Waals surface area contributed by atoms with Gasteiger partial charge in [-0.15, -0.1) is 0 Å². The first-order valence-electron chi connectivity index (χ1n) is 11.3. The van der Waals surface area contributed by atoms with Crippen molar-refractivity contribution in [3.05, 3.63) is 96.1 Å². The zero-order valence-electron chi connectivity index (χ0n) is 19.4. The van der Waals surface area contributed by atoms with Crippen LogP contribution in [0.2, 0.25) is 0 Å². The molecule has 4 rings (SSSR count). The molecule has 1 aliphatic heterocycles. The predicted octanol–water partition coefficient (Wildman–Crippen LogP) is 2.60. The number of rotatable bonds is 8. The van der Waals surface area contributed by atoms with E-state index in [2.05, 4.69) is 0 Å². The van der Waals surface area contributed by atoms with Crippen LogP contribution >= 0.6 is 0 Å². The van der Waals surface area contributed by atoms with Gasteiger partial charge < -0.3 is 33.9 Å². The summed E-state index contributed by atoms with van der Waals surface area (Å²) in [5.74, 6) is -0.542.